The van der Waals surface area contributed by atoms with E-state index in [0.717, 1.165) is 0 Å². The Morgan fingerprint density at radius 2 is 2.17 bits per heavy atom. The Balaban J connectivity index is 1.68. The van der Waals surface area contributed by atoms with Crippen molar-refractivity contribution in [2.75, 3.05) is 13.7 Å². The highest BCUT2D eigenvalue weighted by atomic mass is 35.5. The fraction of sp³-hybridized carbons (Fsp3) is 0.667. The number of carbonyl (C=O) groups is 2. The molecule has 3 heterocycles. The zero-order valence-electron chi connectivity index (χ0n) is 12.7. The summed E-state index contributed by atoms with van der Waals surface area (Å²) in [5.41, 5.74) is -0.543. The summed E-state index contributed by atoms with van der Waals surface area (Å²) in [5.74, 6) is -1.42. The lowest BCUT2D eigenvalue weighted by Crippen LogP contribution is -2.60. The van der Waals surface area contributed by atoms with Crippen molar-refractivity contribution in [3.63, 3.8) is 0 Å². The fourth-order valence-electron chi connectivity index (χ4n) is 3.52. The van der Waals surface area contributed by atoms with Crippen molar-refractivity contribution in [1.82, 2.24) is 4.90 Å². The number of oxime groups is 1. The van der Waals surface area contributed by atoms with Gasteiger partial charge < -0.3 is 14.3 Å². The Bertz CT molecular complexity index is 629. The van der Waals surface area contributed by atoms with Gasteiger partial charge in [-0.3, -0.25) is 4.90 Å². The second kappa shape index (κ2) is 5.21. The summed E-state index contributed by atoms with van der Waals surface area (Å²) in [6, 6.07) is -0.107. The molecule has 1 saturated carbocycles. The molecule has 3 fully saturated rings. The molecule has 3 bridgehead atoms. The maximum Gasteiger partial charge on any atom is 0.419 e. The standard InChI is InChI=1S/C15H17ClN2O5/c1-18-10-4-5-15(18)9(6-17-21-7-8-2-3-8)11(16)12(10)22-13(19)14(20)23-15/h6,8,10,12H,2-5,7H2,1H3/b17-6+. The van der Waals surface area contributed by atoms with Gasteiger partial charge in [0.25, 0.3) is 0 Å². The highest BCUT2D eigenvalue weighted by molar-refractivity contribution is 6.34. The first-order chi connectivity index (χ1) is 11.0. The molecule has 0 amide bonds. The Morgan fingerprint density at radius 3 is 2.91 bits per heavy atom. The van der Waals surface area contributed by atoms with E-state index in [9.17, 15) is 9.59 Å². The number of carbonyl (C=O) groups excluding carboxylic acids is 2. The molecule has 1 aliphatic carbocycles. The molecule has 0 aromatic heterocycles. The number of hydrogen-bond acceptors (Lipinski definition) is 7. The third kappa shape index (κ3) is 2.25. The van der Waals surface area contributed by atoms with Crippen LogP contribution < -0.4 is 0 Å². The third-order valence-electron chi connectivity index (χ3n) is 5.05. The van der Waals surface area contributed by atoms with Crippen molar-refractivity contribution in [3.05, 3.63) is 10.6 Å². The predicted molar refractivity (Wildman–Crippen MR) is 79.5 cm³/mol. The van der Waals surface area contributed by atoms with Gasteiger partial charge in [0.1, 0.15) is 6.61 Å². The number of rotatable bonds is 4. The van der Waals surface area contributed by atoms with Crippen molar-refractivity contribution in [2.24, 2.45) is 11.1 Å². The zero-order chi connectivity index (χ0) is 16.2. The maximum atomic E-state index is 11.9. The van der Waals surface area contributed by atoms with Gasteiger partial charge in [0.15, 0.2) is 11.8 Å². The van der Waals surface area contributed by atoms with Gasteiger partial charge in [-0.05, 0) is 32.2 Å². The van der Waals surface area contributed by atoms with Crippen molar-refractivity contribution in [1.29, 1.82) is 0 Å². The van der Waals surface area contributed by atoms with Gasteiger partial charge in [0, 0.05) is 6.42 Å². The van der Waals surface area contributed by atoms with Crippen molar-refractivity contribution in [3.8, 4) is 0 Å². The molecule has 0 radical (unpaired) electrons. The number of ether oxygens (including phenoxy) is 2. The Hall–Kier alpha value is -1.60. The second-order valence-electron chi connectivity index (χ2n) is 6.45. The minimum Gasteiger partial charge on any atom is -0.446 e. The summed E-state index contributed by atoms with van der Waals surface area (Å²) in [6.45, 7) is 0.574. The zero-order valence-corrected chi connectivity index (χ0v) is 13.4. The third-order valence-corrected chi connectivity index (χ3v) is 5.47. The van der Waals surface area contributed by atoms with Gasteiger partial charge in [0.05, 0.1) is 22.9 Å². The largest absolute Gasteiger partial charge is 0.446 e. The number of halogens is 1. The summed E-state index contributed by atoms with van der Waals surface area (Å²) in [6.07, 6.45) is 4.39. The minimum absolute atomic E-state index is 0.107. The van der Waals surface area contributed by atoms with E-state index in [0.29, 0.717) is 36.0 Å². The van der Waals surface area contributed by atoms with E-state index in [-0.39, 0.29) is 6.04 Å². The maximum absolute atomic E-state index is 11.9. The SMILES string of the molecule is CN1C2CCC13OC(=O)C(=O)OC2C(Cl)=C3/C=N/OCC1CC1. The average Bonchev–Trinajstić information content (AvgIpc) is 3.29. The first-order valence-corrected chi connectivity index (χ1v) is 8.13. The van der Waals surface area contributed by atoms with Crippen molar-refractivity contribution >= 4 is 29.8 Å². The van der Waals surface area contributed by atoms with Gasteiger partial charge in [-0.25, -0.2) is 9.59 Å². The molecule has 8 heteroatoms. The topological polar surface area (TPSA) is 77.4 Å². The van der Waals surface area contributed by atoms with Crippen LogP contribution in [0.15, 0.2) is 15.8 Å². The number of likely N-dealkylation sites (N-methyl/N-ethyl adjacent to an activating group) is 1. The van der Waals surface area contributed by atoms with Crippen molar-refractivity contribution in [2.45, 2.75) is 43.6 Å². The quantitative estimate of drug-likeness (QED) is 0.331. The second-order valence-corrected chi connectivity index (χ2v) is 6.86. The van der Waals surface area contributed by atoms with E-state index in [2.05, 4.69) is 5.16 Å². The van der Waals surface area contributed by atoms with E-state index in [1.165, 1.54) is 19.1 Å². The van der Waals surface area contributed by atoms with Crippen LogP contribution in [0.1, 0.15) is 25.7 Å². The van der Waals surface area contributed by atoms with Crippen LogP contribution in [-0.2, 0) is 23.9 Å². The molecule has 3 aliphatic heterocycles. The molecule has 0 aromatic carbocycles. The van der Waals surface area contributed by atoms with Gasteiger partial charge in [-0.2, -0.15) is 0 Å². The first kappa shape index (κ1) is 15.0. The van der Waals surface area contributed by atoms with E-state index in [4.69, 9.17) is 25.9 Å². The molecule has 23 heavy (non-hydrogen) atoms. The van der Waals surface area contributed by atoms with Crippen molar-refractivity contribution < 1.29 is 23.9 Å². The monoisotopic (exact) mass is 340 g/mol. The van der Waals surface area contributed by atoms with Crippen LogP contribution in [0.4, 0.5) is 0 Å². The normalized spacial score (nSPS) is 37.0. The minimum atomic E-state index is -1.07. The van der Waals surface area contributed by atoms with Crippen LogP contribution >= 0.6 is 11.6 Å². The smallest absolute Gasteiger partial charge is 0.419 e. The fourth-order valence-corrected chi connectivity index (χ4v) is 3.91. The van der Waals surface area contributed by atoms with Crippen LogP contribution in [0.3, 0.4) is 0 Å². The number of esters is 2. The summed E-state index contributed by atoms with van der Waals surface area (Å²) in [5, 5.41) is 4.33. The summed E-state index contributed by atoms with van der Waals surface area (Å²) >= 11 is 6.45. The van der Waals surface area contributed by atoms with Crippen LogP contribution in [0.25, 0.3) is 0 Å². The molecular formula is C15H17ClN2O5. The summed E-state index contributed by atoms with van der Waals surface area (Å²) in [7, 11) is 1.83. The van der Waals surface area contributed by atoms with E-state index < -0.39 is 23.8 Å². The van der Waals surface area contributed by atoms with E-state index in [1.807, 2.05) is 11.9 Å². The van der Waals surface area contributed by atoms with Crippen LogP contribution in [0.5, 0.6) is 0 Å². The lowest BCUT2D eigenvalue weighted by Gasteiger charge is -2.45. The lowest BCUT2D eigenvalue weighted by molar-refractivity contribution is -0.198. The predicted octanol–water partition coefficient (Wildman–Crippen LogP) is 1.16. The summed E-state index contributed by atoms with van der Waals surface area (Å²) in [4.78, 5) is 30.8. The number of hydrogen-bond donors (Lipinski definition) is 0. The lowest BCUT2D eigenvalue weighted by atomic mass is 9.96. The Morgan fingerprint density at radius 1 is 1.39 bits per heavy atom. The van der Waals surface area contributed by atoms with Crippen LogP contribution in [0.2, 0.25) is 0 Å². The molecule has 3 unspecified atom stereocenters. The molecule has 0 N–H and O–H groups in total. The molecule has 124 valence electrons. The molecule has 4 aliphatic rings. The molecule has 3 atom stereocenters. The summed E-state index contributed by atoms with van der Waals surface area (Å²) < 4.78 is 10.7. The van der Waals surface area contributed by atoms with Crippen LogP contribution in [0, 0.1) is 5.92 Å². The molecule has 2 saturated heterocycles. The molecule has 7 nitrogen and oxygen atoms in total. The molecule has 4 rings (SSSR count). The molecule has 0 spiro atoms. The van der Waals surface area contributed by atoms with E-state index in [1.54, 1.807) is 0 Å². The Labute approximate surface area is 138 Å². The van der Waals surface area contributed by atoms with E-state index >= 15 is 0 Å². The number of nitrogens with zero attached hydrogens (tertiary/aromatic N) is 2. The highest BCUT2D eigenvalue weighted by Crippen LogP contribution is 2.49. The molecular weight excluding hydrogens is 324 g/mol. The average molecular weight is 341 g/mol. The first-order valence-electron chi connectivity index (χ1n) is 7.75. The highest BCUT2D eigenvalue weighted by Gasteiger charge is 2.60. The van der Waals surface area contributed by atoms with Gasteiger partial charge >= 0.3 is 11.9 Å². The molecule has 0 aromatic rings. The van der Waals surface area contributed by atoms with Gasteiger partial charge in [-0.1, -0.05) is 16.8 Å². The van der Waals surface area contributed by atoms with Gasteiger partial charge in [0.2, 0.25) is 0 Å². The van der Waals surface area contributed by atoms with Crippen LogP contribution in [-0.4, -0.2) is 54.6 Å². The Kier molecular flexibility index (Phi) is 3.39. The van der Waals surface area contributed by atoms with Gasteiger partial charge in [-0.15, -0.1) is 0 Å².